The number of thiophene rings is 1. The molecule has 1 aliphatic rings. The molecule has 2 heterocycles. The Hall–Kier alpha value is -1.94. The fourth-order valence-electron chi connectivity index (χ4n) is 1.86. The van der Waals surface area contributed by atoms with Crippen LogP contribution in [0.1, 0.15) is 20.9 Å². The highest BCUT2D eigenvalue weighted by Gasteiger charge is 2.12. The molecule has 1 N–H and O–H groups in total. The van der Waals surface area contributed by atoms with Gasteiger partial charge in [-0.3, -0.25) is 0 Å². The molecule has 1 aliphatic carbocycles. The molecule has 3 nitrogen and oxygen atoms in total. The summed E-state index contributed by atoms with van der Waals surface area (Å²) in [5, 5.41) is 9.87. The van der Waals surface area contributed by atoms with Gasteiger partial charge in [0.1, 0.15) is 9.71 Å². The largest absolute Gasteiger partial charge is 0.477 e. The Labute approximate surface area is 102 Å². The first-order chi connectivity index (χ1) is 8.24. The number of carboxylic acids is 1. The van der Waals surface area contributed by atoms with Crippen molar-refractivity contribution in [3.8, 4) is 0 Å². The van der Waals surface area contributed by atoms with Gasteiger partial charge in [0.15, 0.2) is 0 Å². The van der Waals surface area contributed by atoms with Crippen LogP contribution in [0.5, 0.6) is 0 Å². The van der Waals surface area contributed by atoms with E-state index in [-0.39, 0.29) is 0 Å². The molecule has 84 valence electrons. The molecule has 0 saturated carbocycles. The molecule has 0 unspecified atom stereocenters. The highest BCUT2D eigenvalue weighted by atomic mass is 32.1. The Morgan fingerprint density at radius 1 is 1.35 bits per heavy atom. The van der Waals surface area contributed by atoms with E-state index in [0.29, 0.717) is 4.88 Å². The van der Waals surface area contributed by atoms with Gasteiger partial charge in [-0.1, -0.05) is 18.2 Å². The van der Waals surface area contributed by atoms with Crippen LogP contribution >= 0.6 is 11.3 Å². The third kappa shape index (κ3) is 1.76. The summed E-state index contributed by atoms with van der Waals surface area (Å²) < 4.78 is 0. The summed E-state index contributed by atoms with van der Waals surface area (Å²) in [6.07, 6.45) is 8.82. The van der Waals surface area contributed by atoms with E-state index in [9.17, 15) is 4.79 Å². The molecular weight excluding hydrogens is 234 g/mol. The summed E-state index contributed by atoms with van der Waals surface area (Å²) in [5.74, 6) is -0.890. The van der Waals surface area contributed by atoms with Crippen LogP contribution in [0.25, 0.3) is 16.3 Å². The van der Waals surface area contributed by atoms with Gasteiger partial charge in [-0.25, -0.2) is 9.78 Å². The Balaban J connectivity index is 2.23. The minimum absolute atomic E-state index is 0.340. The van der Waals surface area contributed by atoms with Crippen molar-refractivity contribution in [2.75, 3.05) is 0 Å². The van der Waals surface area contributed by atoms with Crippen LogP contribution in [-0.4, -0.2) is 16.1 Å². The molecule has 4 heteroatoms. The molecule has 0 saturated heterocycles. The summed E-state index contributed by atoms with van der Waals surface area (Å²) in [7, 11) is 0. The maximum absolute atomic E-state index is 10.9. The van der Waals surface area contributed by atoms with Gasteiger partial charge in [-0.05, 0) is 30.2 Å². The number of pyridine rings is 1. The fourth-order valence-corrected chi connectivity index (χ4v) is 2.72. The maximum atomic E-state index is 10.9. The van der Waals surface area contributed by atoms with Gasteiger partial charge in [0.2, 0.25) is 0 Å². The van der Waals surface area contributed by atoms with Crippen molar-refractivity contribution in [1.82, 2.24) is 4.98 Å². The normalized spacial score (nSPS) is 13.6. The first-order valence-corrected chi connectivity index (χ1v) is 6.05. The monoisotopic (exact) mass is 243 g/mol. The van der Waals surface area contributed by atoms with E-state index in [0.717, 1.165) is 27.9 Å². The van der Waals surface area contributed by atoms with Crippen molar-refractivity contribution < 1.29 is 9.90 Å². The minimum atomic E-state index is -0.890. The second-order valence-corrected chi connectivity index (χ2v) is 4.86. The summed E-state index contributed by atoms with van der Waals surface area (Å²) in [4.78, 5) is 16.5. The molecule has 0 atom stereocenters. The van der Waals surface area contributed by atoms with Gasteiger partial charge in [0, 0.05) is 5.39 Å². The Morgan fingerprint density at radius 3 is 3.06 bits per heavy atom. The molecule has 0 fully saturated rings. The third-order valence-corrected chi connectivity index (χ3v) is 3.70. The Bertz CT molecular complexity index is 667. The third-order valence-electron chi connectivity index (χ3n) is 2.67. The zero-order valence-electron chi connectivity index (χ0n) is 8.88. The van der Waals surface area contributed by atoms with Crippen LogP contribution in [0.2, 0.25) is 0 Å². The molecule has 3 rings (SSSR count). The average Bonchev–Trinajstić information content (AvgIpc) is 2.58. The molecule has 2 aromatic rings. The lowest BCUT2D eigenvalue weighted by molar-refractivity contribution is 0.0702. The maximum Gasteiger partial charge on any atom is 0.345 e. The number of carboxylic acid groups (broad SMARTS) is 1. The molecule has 0 bridgehead atoms. The van der Waals surface area contributed by atoms with Crippen molar-refractivity contribution in [1.29, 1.82) is 0 Å². The quantitative estimate of drug-likeness (QED) is 0.837. The number of fused-ring (bicyclic) bond motifs is 2. The van der Waals surface area contributed by atoms with Gasteiger partial charge in [0.25, 0.3) is 0 Å². The summed E-state index contributed by atoms with van der Waals surface area (Å²) >= 11 is 1.22. The van der Waals surface area contributed by atoms with Crippen LogP contribution in [0, 0.1) is 0 Å². The van der Waals surface area contributed by atoms with Crippen LogP contribution in [0.3, 0.4) is 0 Å². The molecule has 0 aliphatic heterocycles. The lowest BCUT2D eigenvalue weighted by atomic mass is 10.1. The van der Waals surface area contributed by atoms with Crippen molar-refractivity contribution >= 4 is 33.6 Å². The average molecular weight is 243 g/mol. The SMILES string of the molecule is O=C(O)c1cc2cc3c(nc2s1)C=CC=CC3. The van der Waals surface area contributed by atoms with Crippen LogP contribution < -0.4 is 0 Å². The highest BCUT2D eigenvalue weighted by Crippen LogP contribution is 2.27. The molecule has 2 aromatic heterocycles. The standard InChI is InChI=1S/C13H9NO2S/c15-13(16)11-7-9-6-8-4-2-1-3-5-10(8)14-12(9)17-11/h1-3,5-7H,4H2,(H,15,16). The summed E-state index contributed by atoms with van der Waals surface area (Å²) in [6.45, 7) is 0. The molecule has 0 amide bonds. The van der Waals surface area contributed by atoms with Crippen LogP contribution in [0.4, 0.5) is 0 Å². The second kappa shape index (κ2) is 3.82. The molecular formula is C13H9NO2S. The number of rotatable bonds is 1. The predicted octanol–water partition coefficient (Wildman–Crippen LogP) is 3.12. The van der Waals surface area contributed by atoms with E-state index in [2.05, 4.69) is 11.1 Å². The van der Waals surface area contributed by atoms with E-state index >= 15 is 0 Å². The van der Waals surface area contributed by atoms with Crippen molar-refractivity contribution in [3.05, 3.63) is 46.5 Å². The second-order valence-electron chi connectivity index (χ2n) is 3.83. The van der Waals surface area contributed by atoms with Gasteiger partial charge in [-0.2, -0.15) is 0 Å². The predicted molar refractivity (Wildman–Crippen MR) is 68.5 cm³/mol. The van der Waals surface area contributed by atoms with E-state index in [1.807, 2.05) is 24.3 Å². The number of carbonyl (C=O) groups is 1. The van der Waals surface area contributed by atoms with Crippen molar-refractivity contribution in [2.45, 2.75) is 6.42 Å². The number of nitrogens with zero attached hydrogens (tertiary/aromatic N) is 1. The Morgan fingerprint density at radius 2 is 2.24 bits per heavy atom. The first kappa shape index (κ1) is 10.2. The van der Waals surface area contributed by atoms with Crippen LogP contribution in [0.15, 0.2) is 30.4 Å². The van der Waals surface area contributed by atoms with E-state index in [1.165, 1.54) is 11.3 Å². The smallest absolute Gasteiger partial charge is 0.345 e. The molecule has 0 spiro atoms. The summed E-state index contributed by atoms with van der Waals surface area (Å²) in [5.41, 5.74) is 2.07. The Kier molecular flexibility index (Phi) is 2.30. The van der Waals surface area contributed by atoms with E-state index < -0.39 is 5.97 Å². The number of hydrogen-bond donors (Lipinski definition) is 1. The fraction of sp³-hybridized carbons (Fsp3) is 0.0769. The number of aromatic nitrogens is 1. The van der Waals surface area contributed by atoms with Gasteiger partial charge < -0.3 is 5.11 Å². The van der Waals surface area contributed by atoms with Crippen molar-refractivity contribution in [2.24, 2.45) is 0 Å². The molecule has 0 radical (unpaired) electrons. The van der Waals surface area contributed by atoms with E-state index in [1.54, 1.807) is 6.07 Å². The molecule has 0 aromatic carbocycles. The number of allylic oxidation sites excluding steroid dienone is 3. The van der Waals surface area contributed by atoms with E-state index in [4.69, 9.17) is 5.11 Å². The topological polar surface area (TPSA) is 50.2 Å². The number of hydrogen-bond acceptors (Lipinski definition) is 3. The number of aromatic carboxylic acids is 1. The first-order valence-electron chi connectivity index (χ1n) is 5.24. The zero-order valence-corrected chi connectivity index (χ0v) is 9.70. The summed E-state index contributed by atoms with van der Waals surface area (Å²) in [6, 6.07) is 3.72. The van der Waals surface area contributed by atoms with Gasteiger partial charge >= 0.3 is 5.97 Å². The zero-order chi connectivity index (χ0) is 11.8. The van der Waals surface area contributed by atoms with Gasteiger partial charge in [0.05, 0.1) is 5.69 Å². The highest BCUT2D eigenvalue weighted by molar-refractivity contribution is 7.20. The lowest BCUT2D eigenvalue weighted by Gasteiger charge is -2.01. The molecule has 17 heavy (non-hydrogen) atoms. The minimum Gasteiger partial charge on any atom is -0.477 e. The van der Waals surface area contributed by atoms with Gasteiger partial charge in [-0.15, -0.1) is 11.3 Å². The van der Waals surface area contributed by atoms with Crippen LogP contribution in [-0.2, 0) is 6.42 Å². The lowest BCUT2D eigenvalue weighted by Crippen LogP contribution is -1.89. The van der Waals surface area contributed by atoms with Crippen molar-refractivity contribution in [3.63, 3.8) is 0 Å².